The number of pyridine rings is 1. The molecule has 0 spiro atoms. The molecule has 0 atom stereocenters. The van der Waals surface area contributed by atoms with Gasteiger partial charge >= 0.3 is 0 Å². The zero-order valence-electron chi connectivity index (χ0n) is 10.9. The number of hydrogen-bond donors (Lipinski definition) is 0. The lowest BCUT2D eigenvalue weighted by Gasteiger charge is -2.06. The van der Waals surface area contributed by atoms with Gasteiger partial charge in [-0.05, 0) is 55.9 Å². The molecule has 1 aliphatic carbocycles. The zero-order chi connectivity index (χ0) is 12.3. The third-order valence-corrected chi connectivity index (χ3v) is 3.46. The maximum absolute atomic E-state index is 4.52. The van der Waals surface area contributed by atoms with Crippen molar-refractivity contribution in [1.29, 1.82) is 0 Å². The SMILES string of the molecule is C=C(C)/C(C)=C/c1cccnc1CCC1CC1. The number of allylic oxidation sites excluding steroid dienone is 2. The largest absolute Gasteiger partial charge is 0.261 e. The standard InChI is InChI=1S/C16H21N/c1-12(2)13(3)11-15-5-4-10-17-16(15)9-8-14-6-7-14/h4-5,10-11,14H,1,6-9H2,2-3H3/b13-11+. The Morgan fingerprint density at radius 2 is 2.24 bits per heavy atom. The summed E-state index contributed by atoms with van der Waals surface area (Å²) in [7, 11) is 0. The molecule has 17 heavy (non-hydrogen) atoms. The Morgan fingerprint density at radius 3 is 2.88 bits per heavy atom. The van der Waals surface area contributed by atoms with Crippen LogP contribution in [0.2, 0.25) is 0 Å². The van der Waals surface area contributed by atoms with Gasteiger partial charge in [-0.3, -0.25) is 4.98 Å². The molecule has 1 heterocycles. The van der Waals surface area contributed by atoms with Crippen LogP contribution in [0.15, 0.2) is 36.1 Å². The highest BCUT2D eigenvalue weighted by Gasteiger charge is 2.21. The molecule has 0 bridgehead atoms. The molecule has 0 saturated heterocycles. The van der Waals surface area contributed by atoms with Gasteiger partial charge in [0.2, 0.25) is 0 Å². The van der Waals surface area contributed by atoms with Crippen molar-refractivity contribution in [3.8, 4) is 0 Å². The lowest BCUT2D eigenvalue weighted by atomic mass is 10.0. The summed E-state index contributed by atoms with van der Waals surface area (Å²) in [6.45, 7) is 8.14. The summed E-state index contributed by atoms with van der Waals surface area (Å²) < 4.78 is 0. The molecule has 1 aliphatic rings. The second-order valence-electron chi connectivity index (χ2n) is 5.13. The van der Waals surface area contributed by atoms with E-state index in [1.807, 2.05) is 19.2 Å². The maximum atomic E-state index is 4.52. The van der Waals surface area contributed by atoms with Crippen LogP contribution in [0.1, 0.15) is 44.4 Å². The van der Waals surface area contributed by atoms with Gasteiger partial charge in [-0.1, -0.05) is 31.1 Å². The molecule has 1 nitrogen and oxygen atoms in total. The minimum absolute atomic E-state index is 0.969. The van der Waals surface area contributed by atoms with Crippen LogP contribution < -0.4 is 0 Å². The molecule has 0 aliphatic heterocycles. The van der Waals surface area contributed by atoms with Crippen molar-refractivity contribution in [2.45, 2.75) is 39.5 Å². The van der Waals surface area contributed by atoms with E-state index in [1.165, 1.54) is 36.1 Å². The molecule has 0 amide bonds. The highest BCUT2D eigenvalue weighted by atomic mass is 14.7. The van der Waals surface area contributed by atoms with E-state index in [2.05, 4.69) is 30.6 Å². The number of hydrogen-bond acceptors (Lipinski definition) is 1. The molecule has 0 unspecified atom stereocenters. The maximum Gasteiger partial charge on any atom is 0.0476 e. The molecular formula is C16H21N. The van der Waals surface area contributed by atoms with Crippen LogP contribution in [-0.4, -0.2) is 4.98 Å². The third kappa shape index (κ3) is 3.55. The van der Waals surface area contributed by atoms with E-state index in [-0.39, 0.29) is 0 Å². The van der Waals surface area contributed by atoms with Crippen LogP contribution >= 0.6 is 0 Å². The number of nitrogens with zero attached hydrogens (tertiary/aromatic N) is 1. The molecule has 2 rings (SSSR count). The molecule has 1 heteroatoms. The molecule has 1 aromatic heterocycles. The van der Waals surface area contributed by atoms with Crippen LogP contribution in [0.3, 0.4) is 0 Å². The van der Waals surface area contributed by atoms with Crippen LogP contribution in [0.5, 0.6) is 0 Å². The second-order valence-corrected chi connectivity index (χ2v) is 5.13. The quantitative estimate of drug-likeness (QED) is 0.679. The van der Waals surface area contributed by atoms with E-state index < -0.39 is 0 Å². The Kier molecular flexibility index (Phi) is 3.78. The summed E-state index contributed by atoms with van der Waals surface area (Å²) in [5.74, 6) is 0.969. The first-order chi connectivity index (χ1) is 8.16. The fourth-order valence-corrected chi connectivity index (χ4v) is 1.89. The van der Waals surface area contributed by atoms with Crippen LogP contribution in [-0.2, 0) is 6.42 Å². The fourth-order valence-electron chi connectivity index (χ4n) is 1.89. The number of aromatic nitrogens is 1. The summed E-state index contributed by atoms with van der Waals surface area (Å²) >= 11 is 0. The van der Waals surface area contributed by atoms with Crippen molar-refractivity contribution >= 4 is 6.08 Å². The predicted molar refractivity (Wildman–Crippen MR) is 73.7 cm³/mol. The molecule has 0 aromatic carbocycles. The lowest BCUT2D eigenvalue weighted by Crippen LogP contribution is -1.95. The van der Waals surface area contributed by atoms with Gasteiger partial charge in [0.15, 0.2) is 0 Å². The van der Waals surface area contributed by atoms with Crippen molar-refractivity contribution in [3.05, 3.63) is 47.3 Å². The summed E-state index contributed by atoms with van der Waals surface area (Å²) in [5, 5.41) is 0. The summed E-state index contributed by atoms with van der Waals surface area (Å²) in [4.78, 5) is 4.52. The average Bonchev–Trinajstić information content (AvgIpc) is 3.11. The Bertz CT molecular complexity index is 439. The van der Waals surface area contributed by atoms with E-state index in [4.69, 9.17) is 0 Å². The molecular weight excluding hydrogens is 206 g/mol. The smallest absolute Gasteiger partial charge is 0.0476 e. The van der Waals surface area contributed by atoms with Gasteiger partial charge in [0.05, 0.1) is 0 Å². The fraction of sp³-hybridized carbons (Fsp3) is 0.438. The van der Waals surface area contributed by atoms with Crippen molar-refractivity contribution in [1.82, 2.24) is 4.98 Å². The Hall–Kier alpha value is -1.37. The summed E-state index contributed by atoms with van der Waals surface area (Å²) in [6, 6.07) is 4.17. The number of aryl methyl sites for hydroxylation is 1. The van der Waals surface area contributed by atoms with E-state index >= 15 is 0 Å². The average molecular weight is 227 g/mol. The minimum Gasteiger partial charge on any atom is -0.261 e. The lowest BCUT2D eigenvalue weighted by molar-refractivity contribution is 0.713. The highest BCUT2D eigenvalue weighted by molar-refractivity contribution is 5.58. The van der Waals surface area contributed by atoms with E-state index in [9.17, 15) is 0 Å². The zero-order valence-corrected chi connectivity index (χ0v) is 10.9. The monoisotopic (exact) mass is 227 g/mol. The number of rotatable bonds is 5. The van der Waals surface area contributed by atoms with Crippen molar-refractivity contribution in [3.63, 3.8) is 0 Å². The molecule has 1 saturated carbocycles. The Labute approximate surface area is 104 Å². The van der Waals surface area contributed by atoms with Gasteiger partial charge in [-0.15, -0.1) is 0 Å². The van der Waals surface area contributed by atoms with E-state index in [0.717, 1.165) is 17.9 Å². The van der Waals surface area contributed by atoms with Crippen molar-refractivity contribution in [2.24, 2.45) is 5.92 Å². The van der Waals surface area contributed by atoms with Crippen LogP contribution in [0, 0.1) is 5.92 Å². The van der Waals surface area contributed by atoms with Gasteiger partial charge in [0, 0.05) is 11.9 Å². The first kappa shape index (κ1) is 12.1. The highest BCUT2D eigenvalue weighted by Crippen LogP contribution is 2.33. The van der Waals surface area contributed by atoms with Gasteiger partial charge < -0.3 is 0 Å². The second kappa shape index (κ2) is 5.31. The van der Waals surface area contributed by atoms with Crippen molar-refractivity contribution < 1.29 is 0 Å². The summed E-state index contributed by atoms with van der Waals surface area (Å²) in [5.41, 5.74) is 4.86. The Morgan fingerprint density at radius 1 is 1.47 bits per heavy atom. The van der Waals surface area contributed by atoms with Gasteiger partial charge in [-0.2, -0.15) is 0 Å². The predicted octanol–water partition coefficient (Wildman–Crippen LogP) is 4.40. The topological polar surface area (TPSA) is 12.9 Å². The summed E-state index contributed by atoms with van der Waals surface area (Å²) in [6.07, 6.45) is 9.35. The molecule has 0 radical (unpaired) electrons. The van der Waals surface area contributed by atoms with E-state index in [0.29, 0.717) is 0 Å². The minimum atomic E-state index is 0.969. The third-order valence-electron chi connectivity index (χ3n) is 3.46. The van der Waals surface area contributed by atoms with Gasteiger partial charge in [-0.25, -0.2) is 0 Å². The normalized spacial score (nSPS) is 16.0. The molecule has 1 fully saturated rings. The molecule has 90 valence electrons. The Balaban J connectivity index is 2.14. The molecule has 1 aromatic rings. The van der Waals surface area contributed by atoms with Gasteiger partial charge in [0.25, 0.3) is 0 Å². The van der Waals surface area contributed by atoms with Crippen LogP contribution in [0.25, 0.3) is 6.08 Å². The van der Waals surface area contributed by atoms with Crippen molar-refractivity contribution in [2.75, 3.05) is 0 Å². The van der Waals surface area contributed by atoms with E-state index in [1.54, 1.807) is 0 Å². The first-order valence-electron chi connectivity index (χ1n) is 6.45. The first-order valence-corrected chi connectivity index (χ1v) is 6.45. The molecule has 0 N–H and O–H groups in total. The van der Waals surface area contributed by atoms with Gasteiger partial charge in [0.1, 0.15) is 0 Å². The van der Waals surface area contributed by atoms with Crippen LogP contribution in [0.4, 0.5) is 0 Å².